The topological polar surface area (TPSA) is 105 Å². The highest BCUT2D eigenvalue weighted by molar-refractivity contribution is 5.96. The first kappa shape index (κ1) is 20.5. The lowest BCUT2D eigenvalue weighted by Crippen LogP contribution is -2.48. The van der Waals surface area contributed by atoms with Gasteiger partial charge >= 0.3 is 5.97 Å². The Morgan fingerprint density at radius 1 is 1.04 bits per heavy atom. The quantitative estimate of drug-likeness (QED) is 0.524. The molecule has 0 aliphatic heterocycles. The minimum Gasteiger partial charge on any atom is -0.494 e. The maximum atomic E-state index is 12.4. The Labute approximate surface area is 158 Å². The molecule has 0 spiro atoms. The van der Waals surface area contributed by atoms with Crippen molar-refractivity contribution in [3.05, 3.63) is 41.0 Å². The molecule has 1 aliphatic rings. The molecule has 0 radical (unpaired) electrons. The zero-order valence-corrected chi connectivity index (χ0v) is 15.9. The molecule has 2 amide bonds. The first-order valence-electron chi connectivity index (χ1n) is 9.04. The van der Waals surface area contributed by atoms with Gasteiger partial charge in [-0.1, -0.05) is 18.1 Å². The minimum atomic E-state index is -1.00. The van der Waals surface area contributed by atoms with E-state index in [-0.39, 0.29) is 0 Å². The van der Waals surface area contributed by atoms with Gasteiger partial charge < -0.3 is 9.84 Å². The lowest BCUT2D eigenvalue weighted by atomic mass is 9.76. The summed E-state index contributed by atoms with van der Waals surface area (Å²) in [6.07, 6.45) is 1.60. The fraction of sp³-hybridized carbons (Fsp3) is 0.450. The van der Waals surface area contributed by atoms with Crippen molar-refractivity contribution in [1.82, 2.24) is 10.9 Å². The number of carbonyl (C=O) groups excluding carboxylic acids is 2. The Bertz CT molecular complexity index is 739. The highest BCUT2D eigenvalue weighted by Crippen LogP contribution is 2.34. The second kappa shape index (κ2) is 9.21. The van der Waals surface area contributed by atoms with Crippen LogP contribution in [0.25, 0.3) is 0 Å². The van der Waals surface area contributed by atoms with Crippen LogP contribution in [-0.4, -0.2) is 29.5 Å². The average Bonchev–Trinajstić information content (AvgIpc) is 2.66. The number of ether oxygens (including phenoxy) is 1. The lowest BCUT2D eigenvalue weighted by molar-refractivity contribution is -0.147. The van der Waals surface area contributed by atoms with Gasteiger partial charge in [0.15, 0.2) is 0 Å². The monoisotopic (exact) mass is 374 g/mol. The molecule has 1 aromatic carbocycles. The van der Waals surface area contributed by atoms with Crippen LogP contribution in [0.4, 0.5) is 0 Å². The number of aliphatic carboxylic acids is 1. The van der Waals surface area contributed by atoms with Gasteiger partial charge in [-0.25, -0.2) is 0 Å². The molecule has 1 aliphatic carbocycles. The maximum absolute atomic E-state index is 12.4. The Morgan fingerprint density at radius 3 is 2.19 bits per heavy atom. The summed E-state index contributed by atoms with van der Waals surface area (Å²) in [5.74, 6) is -2.81. The number of rotatable bonds is 6. The molecule has 0 saturated carbocycles. The van der Waals surface area contributed by atoms with E-state index in [1.807, 2.05) is 20.8 Å². The highest BCUT2D eigenvalue weighted by Gasteiger charge is 2.37. The van der Waals surface area contributed by atoms with Gasteiger partial charge in [0.2, 0.25) is 5.91 Å². The number of hydrogen-bond acceptors (Lipinski definition) is 4. The van der Waals surface area contributed by atoms with Crippen LogP contribution in [0.2, 0.25) is 0 Å². The first-order chi connectivity index (χ1) is 12.8. The van der Waals surface area contributed by atoms with Crippen molar-refractivity contribution in [2.45, 2.75) is 40.0 Å². The van der Waals surface area contributed by atoms with Crippen molar-refractivity contribution in [3.8, 4) is 5.75 Å². The summed E-state index contributed by atoms with van der Waals surface area (Å²) >= 11 is 0. The van der Waals surface area contributed by atoms with Crippen molar-refractivity contribution in [2.75, 3.05) is 6.61 Å². The largest absolute Gasteiger partial charge is 0.494 e. The second-order valence-electron chi connectivity index (χ2n) is 6.84. The molecule has 0 saturated heterocycles. The van der Waals surface area contributed by atoms with Crippen LogP contribution >= 0.6 is 0 Å². The summed E-state index contributed by atoms with van der Waals surface area (Å²) < 4.78 is 5.46. The molecule has 3 N–H and O–H groups in total. The van der Waals surface area contributed by atoms with E-state index < -0.39 is 29.6 Å². The van der Waals surface area contributed by atoms with Gasteiger partial charge in [0.1, 0.15) is 5.75 Å². The molecule has 2 atom stereocenters. The van der Waals surface area contributed by atoms with Gasteiger partial charge in [-0.15, -0.1) is 0 Å². The summed E-state index contributed by atoms with van der Waals surface area (Å²) in [6.45, 7) is 6.38. The van der Waals surface area contributed by atoms with Crippen molar-refractivity contribution in [3.63, 3.8) is 0 Å². The van der Waals surface area contributed by atoms with E-state index in [1.165, 1.54) is 0 Å². The number of carboxylic acid groups (broad SMARTS) is 1. The van der Waals surface area contributed by atoms with Gasteiger partial charge in [-0.2, -0.15) is 0 Å². The van der Waals surface area contributed by atoms with Crippen LogP contribution in [0.3, 0.4) is 0 Å². The van der Waals surface area contributed by atoms with E-state index in [1.54, 1.807) is 24.3 Å². The minimum absolute atomic E-state index is 0.340. The number of benzene rings is 1. The lowest BCUT2D eigenvalue weighted by Gasteiger charge is -2.29. The summed E-state index contributed by atoms with van der Waals surface area (Å²) in [4.78, 5) is 36.1. The number of carboxylic acids is 1. The molecule has 0 heterocycles. The Balaban J connectivity index is 1.95. The van der Waals surface area contributed by atoms with E-state index in [2.05, 4.69) is 10.9 Å². The number of allylic oxidation sites excluding steroid dienone is 2. The van der Waals surface area contributed by atoms with Gasteiger partial charge in [0.05, 0.1) is 18.4 Å². The standard InChI is InChI=1S/C20H26N2O5/c1-4-9-27-15-7-5-14(6-8-15)18(23)21-22-19(24)16-10-12(2)13(3)11-17(16)20(25)26/h5-8,16-17H,4,9-11H2,1-3H3,(H,21,23)(H,22,24)(H,25,26). The predicted molar refractivity (Wildman–Crippen MR) is 100 cm³/mol. The fourth-order valence-electron chi connectivity index (χ4n) is 3.03. The zero-order valence-electron chi connectivity index (χ0n) is 15.9. The third-order valence-electron chi connectivity index (χ3n) is 4.81. The maximum Gasteiger partial charge on any atom is 0.307 e. The van der Waals surface area contributed by atoms with Crippen LogP contribution < -0.4 is 15.6 Å². The fourth-order valence-corrected chi connectivity index (χ4v) is 3.03. The third-order valence-corrected chi connectivity index (χ3v) is 4.81. The van der Waals surface area contributed by atoms with Crippen molar-refractivity contribution in [1.29, 1.82) is 0 Å². The molecule has 27 heavy (non-hydrogen) atoms. The van der Waals surface area contributed by atoms with Gasteiger partial charge in [-0.05, 0) is 57.4 Å². The van der Waals surface area contributed by atoms with Gasteiger partial charge in [-0.3, -0.25) is 25.2 Å². The summed E-state index contributed by atoms with van der Waals surface area (Å²) in [5.41, 5.74) is 7.10. The normalized spacial score (nSPS) is 19.4. The zero-order chi connectivity index (χ0) is 20.0. The second-order valence-corrected chi connectivity index (χ2v) is 6.84. The molecule has 0 aromatic heterocycles. The molecular weight excluding hydrogens is 348 g/mol. The van der Waals surface area contributed by atoms with Crippen LogP contribution in [-0.2, 0) is 9.59 Å². The van der Waals surface area contributed by atoms with Crippen LogP contribution in [0.5, 0.6) is 5.75 Å². The Kier molecular flexibility index (Phi) is 6.98. The predicted octanol–water partition coefficient (Wildman–Crippen LogP) is 2.68. The van der Waals surface area contributed by atoms with Crippen LogP contribution in [0.15, 0.2) is 35.4 Å². The summed E-state index contributed by atoms with van der Waals surface area (Å²) in [7, 11) is 0. The molecule has 1 aromatic rings. The molecule has 146 valence electrons. The van der Waals surface area contributed by atoms with Crippen molar-refractivity contribution >= 4 is 17.8 Å². The van der Waals surface area contributed by atoms with E-state index in [0.717, 1.165) is 17.6 Å². The molecular formula is C20H26N2O5. The number of carbonyl (C=O) groups is 3. The number of hydrogen-bond donors (Lipinski definition) is 3. The number of hydrazine groups is 1. The third kappa shape index (κ3) is 5.32. The number of amides is 2. The summed E-state index contributed by atoms with van der Waals surface area (Å²) in [5, 5.41) is 9.40. The van der Waals surface area contributed by atoms with E-state index in [9.17, 15) is 19.5 Å². The highest BCUT2D eigenvalue weighted by atomic mass is 16.5. The number of nitrogens with one attached hydrogen (secondary N) is 2. The molecule has 2 rings (SSSR count). The van der Waals surface area contributed by atoms with Gasteiger partial charge in [0, 0.05) is 5.56 Å². The van der Waals surface area contributed by atoms with E-state index in [4.69, 9.17) is 4.74 Å². The van der Waals surface area contributed by atoms with Crippen LogP contribution in [0, 0.1) is 11.8 Å². The van der Waals surface area contributed by atoms with E-state index in [0.29, 0.717) is 30.8 Å². The molecule has 0 bridgehead atoms. The van der Waals surface area contributed by atoms with Crippen LogP contribution in [0.1, 0.15) is 50.4 Å². The van der Waals surface area contributed by atoms with Crippen molar-refractivity contribution < 1.29 is 24.2 Å². The first-order valence-corrected chi connectivity index (χ1v) is 9.04. The van der Waals surface area contributed by atoms with Gasteiger partial charge in [0.25, 0.3) is 5.91 Å². The molecule has 0 fully saturated rings. The molecule has 2 unspecified atom stereocenters. The molecule has 7 heteroatoms. The smallest absolute Gasteiger partial charge is 0.307 e. The molecule has 7 nitrogen and oxygen atoms in total. The summed E-state index contributed by atoms with van der Waals surface area (Å²) in [6, 6.07) is 6.57. The van der Waals surface area contributed by atoms with Crippen molar-refractivity contribution in [2.24, 2.45) is 11.8 Å². The Hall–Kier alpha value is -2.83. The van der Waals surface area contributed by atoms with E-state index >= 15 is 0 Å². The average molecular weight is 374 g/mol. The Morgan fingerprint density at radius 2 is 1.63 bits per heavy atom. The SMILES string of the molecule is CCCOc1ccc(C(=O)NNC(=O)C2CC(C)=C(C)CC2C(=O)O)cc1.